The van der Waals surface area contributed by atoms with E-state index in [1.165, 1.54) is 16.7 Å². The minimum atomic E-state index is 0.261. The van der Waals surface area contributed by atoms with Crippen molar-refractivity contribution < 1.29 is 4.74 Å². The molecule has 2 aromatic carbocycles. The van der Waals surface area contributed by atoms with Gasteiger partial charge in [0, 0.05) is 18.2 Å². The fourth-order valence-corrected chi connectivity index (χ4v) is 2.23. The van der Waals surface area contributed by atoms with Gasteiger partial charge in [0.1, 0.15) is 5.75 Å². The van der Waals surface area contributed by atoms with Gasteiger partial charge in [0.2, 0.25) is 0 Å². The van der Waals surface area contributed by atoms with Crippen molar-refractivity contribution in [1.29, 1.82) is 0 Å². The summed E-state index contributed by atoms with van der Waals surface area (Å²) < 4.78 is 5.40. The lowest BCUT2D eigenvalue weighted by molar-refractivity contribution is 0.401. The minimum absolute atomic E-state index is 0.261. The van der Waals surface area contributed by atoms with Crippen LogP contribution in [-0.4, -0.2) is 7.11 Å². The highest BCUT2D eigenvalue weighted by molar-refractivity contribution is 5.35. The van der Waals surface area contributed by atoms with E-state index in [1.807, 2.05) is 18.2 Å². The van der Waals surface area contributed by atoms with Crippen molar-refractivity contribution in [2.75, 3.05) is 7.11 Å². The van der Waals surface area contributed by atoms with Gasteiger partial charge in [-0.1, -0.05) is 48.0 Å². The molecule has 0 radical (unpaired) electrons. The third-order valence-corrected chi connectivity index (χ3v) is 3.30. The molecule has 19 heavy (non-hydrogen) atoms. The molecule has 1 atom stereocenters. The molecule has 100 valence electrons. The monoisotopic (exact) mass is 255 g/mol. The van der Waals surface area contributed by atoms with Gasteiger partial charge in [-0.25, -0.2) is 0 Å². The zero-order valence-electron chi connectivity index (χ0n) is 11.8. The van der Waals surface area contributed by atoms with E-state index in [2.05, 4.69) is 49.5 Å². The first-order valence-corrected chi connectivity index (χ1v) is 6.62. The number of hydrogen-bond acceptors (Lipinski definition) is 2. The lowest BCUT2D eigenvalue weighted by Gasteiger charge is -2.17. The van der Waals surface area contributed by atoms with E-state index < -0.39 is 0 Å². The predicted molar refractivity (Wildman–Crippen MR) is 79.4 cm³/mol. The van der Waals surface area contributed by atoms with Crippen LogP contribution in [0.3, 0.4) is 0 Å². The van der Waals surface area contributed by atoms with Crippen molar-refractivity contribution in [3.8, 4) is 5.75 Å². The third-order valence-electron chi connectivity index (χ3n) is 3.30. The maximum absolute atomic E-state index is 5.40. The number of aryl methyl sites for hydroxylation is 1. The van der Waals surface area contributed by atoms with Gasteiger partial charge in [0.05, 0.1) is 7.11 Å². The first-order valence-electron chi connectivity index (χ1n) is 6.62. The van der Waals surface area contributed by atoms with Crippen molar-refractivity contribution in [1.82, 2.24) is 5.32 Å². The molecule has 2 heteroatoms. The van der Waals surface area contributed by atoms with Gasteiger partial charge in [-0.3, -0.25) is 0 Å². The summed E-state index contributed by atoms with van der Waals surface area (Å²) >= 11 is 0. The van der Waals surface area contributed by atoms with E-state index in [-0.39, 0.29) is 6.04 Å². The lowest BCUT2D eigenvalue weighted by Crippen LogP contribution is -2.18. The Bertz CT molecular complexity index is 536. The highest BCUT2D eigenvalue weighted by Crippen LogP contribution is 2.24. The van der Waals surface area contributed by atoms with Crippen LogP contribution in [0, 0.1) is 6.92 Å². The fourth-order valence-electron chi connectivity index (χ4n) is 2.23. The summed E-state index contributed by atoms with van der Waals surface area (Å²) in [4.78, 5) is 0. The Labute approximate surface area is 115 Å². The number of hydrogen-bond donors (Lipinski definition) is 1. The summed E-state index contributed by atoms with van der Waals surface area (Å²) in [5, 5.41) is 3.54. The first kappa shape index (κ1) is 13.6. The number of ether oxygens (including phenoxy) is 1. The second-order valence-electron chi connectivity index (χ2n) is 4.83. The van der Waals surface area contributed by atoms with E-state index in [4.69, 9.17) is 4.74 Å². The second kappa shape index (κ2) is 6.39. The Morgan fingerprint density at radius 2 is 1.89 bits per heavy atom. The molecular formula is C17H21NO. The summed E-state index contributed by atoms with van der Waals surface area (Å²) in [6, 6.07) is 17.0. The van der Waals surface area contributed by atoms with Crippen LogP contribution in [0.25, 0.3) is 0 Å². The molecule has 0 amide bonds. The Hall–Kier alpha value is -1.80. The van der Waals surface area contributed by atoms with Gasteiger partial charge in [-0.15, -0.1) is 0 Å². The number of rotatable bonds is 5. The van der Waals surface area contributed by atoms with Crippen LogP contribution in [0.1, 0.15) is 29.7 Å². The second-order valence-corrected chi connectivity index (χ2v) is 4.83. The van der Waals surface area contributed by atoms with Gasteiger partial charge < -0.3 is 10.1 Å². The highest BCUT2D eigenvalue weighted by Gasteiger charge is 2.09. The molecule has 2 nitrogen and oxygen atoms in total. The van der Waals surface area contributed by atoms with Crippen LogP contribution in [0.4, 0.5) is 0 Å². The Morgan fingerprint density at radius 1 is 1.11 bits per heavy atom. The molecule has 0 aromatic heterocycles. The van der Waals surface area contributed by atoms with Crippen LogP contribution < -0.4 is 10.1 Å². The average Bonchev–Trinajstić information content (AvgIpc) is 2.45. The molecule has 0 bridgehead atoms. The molecule has 0 saturated carbocycles. The average molecular weight is 255 g/mol. The lowest BCUT2D eigenvalue weighted by atomic mass is 10.1. The molecule has 0 aliphatic rings. The topological polar surface area (TPSA) is 21.3 Å². The number of methoxy groups -OCH3 is 1. The molecule has 0 heterocycles. The van der Waals surface area contributed by atoms with Gasteiger partial charge in [0.15, 0.2) is 0 Å². The largest absolute Gasteiger partial charge is 0.496 e. The van der Waals surface area contributed by atoms with Crippen molar-refractivity contribution in [3.63, 3.8) is 0 Å². The quantitative estimate of drug-likeness (QED) is 0.876. The summed E-state index contributed by atoms with van der Waals surface area (Å²) in [5.74, 6) is 0.937. The van der Waals surface area contributed by atoms with Crippen LogP contribution >= 0.6 is 0 Å². The van der Waals surface area contributed by atoms with Crippen molar-refractivity contribution in [3.05, 3.63) is 65.2 Å². The Morgan fingerprint density at radius 3 is 2.63 bits per heavy atom. The van der Waals surface area contributed by atoms with Crippen LogP contribution in [0.5, 0.6) is 5.75 Å². The zero-order valence-corrected chi connectivity index (χ0v) is 11.8. The minimum Gasteiger partial charge on any atom is -0.496 e. The molecule has 2 aromatic rings. The number of benzene rings is 2. The highest BCUT2D eigenvalue weighted by atomic mass is 16.5. The zero-order chi connectivity index (χ0) is 13.7. The van der Waals surface area contributed by atoms with E-state index in [0.29, 0.717) is 0 Å². The van der Waals surface area contributed by atoms with Gasteiger partial charge in [-0.05, 0) is 25.5 Å². The van der Waals surface area contributed by atoms with Crippen molar-refractivity contribution in [2.45, 2.75) is 26.4 Å². The molecule has 0 spiro atoms. The molecule has 0 fully saturated rings. The van der Waals surface area contributed by atoms with Gasteiger partial charge in [0.25, 0.3) is 0 Å². The summed E-state index contributed by atoms with van der Waals surface area (Å²) in [5.41, 5.74) is 3.80. The van der Waals surface area contributed by atoms with Gasteiger partial charge >= 0.3 is 0 Å². The molecule has 1 unspecified atom stereocenters. The maximum atomic E-state index is 5.40. The standard InChI is InChI=1S/C17H21NO/c1-13-7-6-8-15(11-13)12-18-14(2)16-9-4-5-10-17(16)19-3/h4-11,14,18H,12H2,1-3H3. The Kier molecular flexibility index (Phi) is 4.58. The predicted octanol–water partition coefficient (Wildman–Crippen LogP) is 3.85. The van der Waals surface area contributed by atoms with Crippen LogP contribution in [0.15, 0.2) is 48.5 Å². The molecule has 1 N–H and O–H groups in total. The van der Waals surface area contributed by atoms with Crippen LogP contribution in [-0.2, 0) is 6.54 Å². The molecular weight excluding hydrogens is 234 g/mol. The summed E-state index contributed by atoms with van der Waals surface area (Å²) in [6.07, 6.45) is 0. The molecule has 0 aliphatic carbocycles. The van der Waals surface area contributed by atoms with Crippen molar-refractivity contribution >= 4 is 0 Å². The van der Waals surface area contributed by atoms with E-state index in [1.54, 1.807) is 7.11 Å². The summed E-state index contributed by atoms with van der Waals surface area (Å²) in [6.45, 7) is 5.14. The maximum Gasteiger partial charge on any atom is 0.123 e. The smallest absolute Gasteiger partial charge is 0.123 e. The fraction of sp³-hybridized carbons (Fsp3) is 0.294. The normalized spacial score (nSPS) is 12.2. The van der Waals surface area contributed by atoms with E-state index in [0.717, 1.165) is 12.3 Å². The first-order chi connectivity index (χ1) is 9.20. The number of nitrogens with one attached hydrogen (secondary N) is 1. The Balaban J connectivity index is 2.03. The SMILES string of the molecule is COc1ccccc1C(C)NCc1cccc(C)c1. The van der Waals surface area contributed by atoms with E-state index >= 15 is 0 Å². The third kappa shape index (κ3) is 3.58. The van der Waals surface area contributed by atoms with Crippen LogP contribution in [0.2, 0.25) is 0 Å². The van der Waals surface area contributed by atoms with E-state index in [9.17, 15) is 0 Å². The van der Waals surface area contributed by atoms with Crippen molar-refractivity contribution in [2.24, 2.45) is 0 Å². The molecule has 0 saturated heterocycles. The number of para-hydroxylation sites is 1. The summed E-state index contributed by atoms with van der Waals surface area (Å²) in [7, 11) is 1.71. The van der Waals surface area contributed by atoms with Gasteiger partial charge in [-0.2, -0.15) is 0 Å². The molecule has 0 aliphatic heterocycles. The molecule has 2 rings (SSSR count).